The molecular weight excluding hydrogens is 352 g/mol. The molecule has 3 rings (SSSR count). The number of rotatable bonds is 7. The van der Waals surface area contributed by atoms with E-state index >= 15 is 0 Å². The van der Waals surface area contributed by atoms with Gasteiger partial charge in [0, 0.05) is 6.61 Å². The summed E-state index contributed by atoms with van der Waals surface area (Å²) in [5.41, 5.74) is 2.69. The molecule has 0 aromatic heterocycles. The molecule has 0 amide bonds. The summed E-state index contributed by atoms with van der Waals surface area (Å²) in [7, 11) is -3.79. The second-order valence-corrected chi connectivity index (χ2v) is 8.02. The summed E-state index contributed by atoms with van der Waals surface area (Å²) in [5.74, 6) is 0. The van der Waals surface area contributed by atoms with Crippen molar-refractivity contribution in [2.75, 3.05) is 6.61 Å². The van der Waals surface area contributed by atoms with Crippen LogP contribution in [0, 0.1) is 6.92 Å². The second kappa shape index (κ2) is 8.77. The summed E-state index contributed by atoms with van der Waals surface area (Å²) in [6.45, 7) is 2.98. The lowest BCUT2D eigenvalue weighted by Gasteiger charge is -2.23. The molecule has 1 fully saturated rings. The van der Waals surface area contributed by atoms with Gasteiger partial charge in [0.05, 0.1) is 18.1 Å². The lowest BCUT2D eigenvalue weighted by Crippen LogP contribution is -2.22. The summed E-state index contributed by atoms with van der Waals surface area (Å²) in [4.78, 5) is 0.160. The van der Waals surface area contributed by atoms with Gasteiger partial charge in [0.1, 0.15) is 0 Å². The maximum Gasteiger partial charge on any atom is 0.297 e. The van der Waals surface area contributed by atoms with Crippen molar-refractivity contribution in [3.05, 3.63) is 65.2 Å². The Hall–Kier alpha value is -1.73. The van der Waals surface area contributed by atoms with E-state index in [4.69, 9.17) is 13.7 Å². The second-order valence-electron chi connectivity index (χ2n) is 6.41. The number of aryl methyl sites for hydroxylation is 1. The van der Waals surface area contributed by atoms with Gasteiger partial charge >= 0.3 is 0 Å². The van der Waals surface area contributed by atoms with Crippen molar-refractivity contribution in [1.82, 2.24) is 0 Å². The third kappa shape index (κ3) is 5.14. The molecular formula is C20H24O5S. The van der Waals surface area contributed by atoms with Crippen LogP contribution in [0.15, 0.2) is 53.4 Å². The third-order valence-corrected chi connectivity index (χ3v) is 5.64. The van der Waals surface area contributed by atoms with Crippen molar-refractivity contribution in [2.45, 2.75) is 50.6 Å². The van der Waals surface area contributed by atoms with Crippen LogP contribution in [0.3, 0.4) is 0 Å². The molecule has 0 N–H and O–H groups in total. The monoisotopic (exact) mass is 376 g/mol. The van der Waals surface area contributed by atoms with Crippen LogP contribution in [-0.4, -0.2) is 21.3 Å². The first-order valence-corrected chi connectivity index (χ1v) is 10.2. The molecule has 1 saturated heterocycles. The molecule has 0 aliphatic carbocycles. The molecule has 1 heterocycles. The Morgan fingerprint density at radius 3 is 2.35 bits per heavy atom. The Balaban J connectivity index is 1.63. The van der Waals surface area contributed by atoms with Crippen molar-refractivity contribution >= 4 is 10.1 Å². The van der Waals surface area contributed by atoms with Crippen LogP contribution in [0.1, 0.15) is 36.0 Å². The molecule has 140 valence electrons. The average molecular weight is 376 g/mol. The van der Waals surface area contributed by atoms with Crippen molar-refractivity contribution in [3.63, 3.8) is 0 Å². The highest BCUT2D eigenvalue weighted by Gasteiger charge is 2.17. The topological polar surface area (TPSA) is 61.8 Å². The van der Waals surface area contributed by atoms with Crippen LogP contribution in [-0.2, 0) is 37.0 Å². The van der Waals surface area contributed by atoms with E-state index in [9.17, 15) is 8.42 Å². The zero-order valence-corrected chi connectivity index (χ0v) is 15.7. The highest BCUT2D eigenvalue weighted by molar-refractivity contribution is 7.86. The molecule has 1 aliphatic rings. The SMILES string of the molecule is Cc1ccc(S(=O)(=O)OCc2ccccc2COC2CCCCO2)cc1. The minimum absolute atomic E-state index is 0.0265. The van der Waals surface area contributed by atoms with Gasteiger partial charge in [0.2, 0.25) is 0 Å². The minimum Gasteiger partial charge on any atom is -0.353 e. The van der Waals surface area contributed by atoms with Crippen LogP contribution >= 0.6 is 0 Å². The zero-order chi connectivity index (χ0) is 18.4. The summed E-state index contributed by atoms with van der Waals surface area (Å²) in [6, 6.07) is 14.1. The van der Waals surface area contributed by atoms with Crippen LogP contribution < -0.4 is 0 Å². The molecule has 0 spiro atoms. The van der Waals surface area contributed by atoms with Crippen molar-refractivity contribution in [3.8, 4) is 0 Å². The maximum absolute atomic E-state index is 12.4. The average Bonchev–Trinajstić information content (AvgIpc) is 2.66. The Morgan fingerprint density at radius 2 is 1.69 bits per heavy atom. The Bertz CT molecular complexity index is 808. The lowest BCUT2D eigenvalue weighted by molar-refractivity contribution is -0.169. The first-order chi connectivity index (χ1) is 12.5. The van der Waals surface area contributed by atoms with Gasteiger partial charge in [0.25, 0.3) is 10.1 Å². The highest BCUT2D eigenvalue weighted by Crippen LogP contribution is 2.20. The van der Waals surface area contributed by atoms with Crippen molar-refractivity contribution in [1.29, 1.82) is 0 Å². The van der Waals surface area contributed by atoms with E-state index in [0.717, 1.165) is 42.6 Å². The van der Waals surface area contributed by atoms with Gasteiger partial charge in [-0.05, 0) is 49.4 Å². The van der Waals surface area contributed by atoms with Gasteiger partial charge in [-0.3, -0.25) is 4.18 Å². The number of hydrogen-bond donors (Lipinski definition) is 0. The number of hydrogen-bond acceptors (Lipinski definition) is 5. The van der Waals surface area contributed by atoms with E-state index in [0.29, 0.717) is 6.61 Å². The standard InChI is InChI=1S/C20H24O5S/c1-16-9-11-19(12-10-16)26(21,22)25-15-18-7-3-2-6-17(18)14-24-20-8-4-5-13-23-20/h2-3,6-7,9-12,20H,4-5,8,13-15H2,1H3. The molecule has 5 nitrogen and oxygen atoms in total. The summed E-state index contributed by atoms with van der Waals surface area (Å²) in [5, 5.41) is 0. The first kappa shape index (κ1) is 19.0. The third-order valence-electron chi connectivity index (χ3n) is 4.36. The smallest absolute Gasteiger partial charge is 0.297 e. The van der Waals surface area contributed by atoms with E-state index in [2.05, 4.69) is 0 Å². The van der Waals surface area contributed by atoms with Gasteiger partial charge in [-0.1, -0.05) is 42.0 Å². The van der Waals surface area contributed by atoms with E-state index in [1.165, 1.54) is 0 Å². The molecule has 26 heavy (non-hydrogen) atoms. The van der Waals surface area contributed by atoms with Gasteiger partial charge in [-0.15, -0.1) is 0 Å². The summed E-state index contributed by atoms with van der Waals surface area (Å²) < 4.78 is 41.4. The van der Waals surface area contributed by atoms with Crippen LogP contribution in [0.2, 0.25) is 0 Å². The van der Waals surface area contributed by atoms with Gasteiger partial charge in [0.15, 0.2) is 6.29 Å². The van der Waals surface area contributed by atoms with Crippen molar-refractivity contribution < 1.29 is 22.1 Å². The van der Waals surface area contributed by atoms with Crippen LogP contribution in [0.5, 0.6) is 0 Å². The molecule has 0 bridgehead atoms. The van der Waals surface area contributed by atoms with Crippen LogP contribution in [0.25, 0.3) is 0 Å². The molecule has 1 atom stereocenters. The van der Waals surface area contributed by atoms with E-state index in [1.807, 2.05) is 31.2 Å². The Kier molecular flexibility index (Phi) is 6.43. The Morgan fingerprint density at radius 1 is 1.00 bits per heavy atom. The molecule has 2 aromatic rings. The number of ether oxygens (including phenoxy) is 2. The Labute approximate surface area is 155 Å². The molecule has 1 aliphatic heterocycles. The van der Waals surface area contributed by atoms with Gasteiger partial charge in [-0.2, -0.15) is 8.42 Å². The molecule has 2 aromatic carbocycles. The quantitative estimate of drug-likeness (QED) is 0.685. The summed E-state index contributed by atoms with van der Waals surface area (Å²) >= 11 is 0. The van der Waals surface area contributed by atoms with E-state index in [1.54, 1.807) is 24.3 Å². The molecule has 0 radical (unpaired) electrons. The van der Waals surface area contributed by atoms with E-state index < -0.39 is 10.1 Å². The predicted octanol–water partition coefficient (Wildman–Crippen LogP) is 3.94. The van der Waals surface area contributed by atoms with Gasteiger partial charge < -0.3 is 9.47 Å². The largest absolute Gasteiger partial charge is 0.353 e. The van der Waals surface area contributed by atoms with E-state index in [-0.39, 0.29) is 17.8 Å². The highest BCUT2D eigenvalue weighted by atomic mass is 32.2. The molecule has 6 heteroatoms. The molecule has 1 unspecified atom stereocenters. The maximum atomic E-state index is 12.4. The fraction of sp³-hybridized carbons (Fsp3) is 0.400. The van der Waals surface area contributed by atoms with Crippen LogP contribution in [0.4, 0.5) is 0 Å². The zero-order valence-electron chi connectivity index (χ0n) is 14.9. The van der Waals surface area contributed by atoms with Gasteiger partial charge in [-0.25, -0.2) is 0 Å². The van der Waals surface area contributed by atoms with Crippen molar-refractivity contribution in [2.24, 2.45) is 0 Å². The predicted molar refractivity (Wildman–Crippen MR) is 98.0 cm³/mol. The lowest BCUT2D eigenvalue weighted by atomic mass is 10.1. The number of benzene rings is 2. The normalized spacial score (nSPS) is 18.0. The fourth-order valence-corrected chi connectivity index (χ4v) is 3.67. The molecule has 0 saturated carbocycles. The first-order valence-electron chi connectivity index (χ1n) is 8.81. The minimum atomic E-state index is -3.79. The summed E-state index contributed by atoms with van der Waals surface area (Å²) in [6.07, 6.45) is 2.88. The fourth-order valence-electron chi connectivity index (χ4n) is 2.78.